The van der Waals surface area contributed by atoms with Crippen LogP contribution in [0.3, 0.4) is 0 Å². The lowest BCUT2D eigenvalue weighted by atomic mass is 10.2. The first-order valence-corrected chi connectivity index (χ1v) is 6.08. The zero-order chi connectivity index (χ0) is 10.6. The molecule has 82 valence electrons. The highest BCUT2D eigenvalue weighted by Gasteiger charge is 2.41. The smallest absolute Gasteiger partial charge is 0.225 e. The van der Waals surface area contributed by atoms with E-state index in [9.17, 15) is 4.79 Å². The molecule has 0 bridgehead atoms. The number of carbonyl (C=O) groups is 1. The standard InChI is InChI=1S/C11H20ClNO/c1-3-4-6-13(7-5-12)11(14)10-8-9(10)2/h9-10H,3-8H2,1-2H3. The third kappa shape index (κ3) is 3.16. The van der Waals surface area contributed by atoms with Crippen molar-refractivity contribution in [3.63, 3.8) is 0 Å². The first kappa shape index (κ1) is 11.8. The van der Waals surface area contributed by atoms with Gasteiger partial charge >= 0.3 is 0 Å². The number of halogens is 1. The maximum Gasteiger partial charge on any atom is 0.225 e. The Kier molecular flexibility index (Phi) is 4.73. The second-order valence-electron chi connectivity index (χ2n) is 4.19. The van der Waals surface area contributed by atoms with Gasteiger partial charge in [-0.25, -0.2) is 0 Å². The number of hydrogen-bond donors (Lipinski definition) is 0. The van der Waals surface area contributed by atoms with Gasteiger partial charge in [-0.1, -0.05) is 20.3 Å². The zero-order valence-corrected chi connectivity index (χ0v) is 9.89. The van der Waals surface area contributed by atoms with Gasteiger partial charge in [0.1, 0.15) is 0 Å². The zero-order valence-electron chi connectivity index (χ0n) is 9.13. The van der Waals surface area contributed by atoms with Crippen LogP contribution >= 0.6 is 11.6 Å². The molecule has 0 aromatic rings. The summed E-state index contributed by atoms with van der Waals surface area (Å²) in [5.41, 5.74) is 0. The minimum Gasteiger partial charge on any atom is -0.341 e. The fourth-order valence-electron chi connectivity index (χ4n) is 1.68. The molecule has 0 aromatic heterocycles. The highest BCUT2D eigenvalue weighted by molar-refractivity contribution is 6.18. The molecule has 0 heterocycles. The summed E-state index contributed by atoms with van der Waals surface area (Å²) < 4.78 is 0. The third-order valence-electron chi connectivity index (χ3n) is 2.87. The van der Waals surface area contributed by atoms with Crippen LogP contribution in [0.25, 0.3) is 0 Å². The van der Waals surface area contributed by atoms with E-state index in [1.54, 1.807) is 0 Å². The Labute approximate surface area is 91.6 Å². The van der Waals surface area contributed by atoms with Crippen LogP contribution in [0.15, 0.2) is 0 Å². The van der Waals surface area contributed by atoms with Crippen LogP contribution in [0.4, 0.5) is 0 Å². The Morgan fingerprint density at radius 1 is 1.50 bits per heavy atom. The van der Waals surface area contributed by atoms with Gasteiger partial charge in [0.25, 0.3) is 0 Å². The highest BCUT2D eigenvalue weighted by Crippen LogP contribution is 2.39. The Bertz CT molecular complexity index is 196. The van der Waals surface area contributed by atoms with Gasteiger partial charge in [0.05, 0.1) is 0 Å². The molecular formula is C11H20ClNO. The van der Waals surface area contributed by atoms with Crippen LogP contribution in [0.1, 0.15) is 33.1 Å². The summed E-state index contributed by atoms with van der Waals surface area (Å²) in [5, 5.41) is 0. The monoisotopic (exact) mass is 217 g/mol. The van der Waals surface area contributed by atoms with Crippen molar-refractivity contribution in [1.82, 2.24) is 4.90 Å². The molecule has 14 heavy (non-hydrogen) atoms. The molecule has 0 N–H and O–H groups in total. The van der Waals surface area contributed by atoms with Gasteiger partial charge in [0.2, 0.25) is 5.91 Å². The lowest BCUT2D eigenvalue weighted by molar-refractivity contribution is -0.132. The number of amides is 1. The van der Waals surface area contributed by atoms with E-state index in [4.69, 9.17) is 11.6 Å². The lowest BCUT2D eigenvalue weighted by Crippen LogP contribution is -2.35. The van der Waals surface area contributed by atoms with Crippen molar-refractivity contribution in [1.29, 1.82) is 0 Å². The quantitative estimate of drug-likeness (QED) is 0.627. The van der Waals surface area contributed by atoms with Crippen LogP contribution in [0, 0.1) is 11.8 Å². The summed E-state index contributed by atoms with van der Waals surface area (Å²) in [6.45, 7) is 5.87. The maximum absolute atomic E-state index is 11.9. The number of rotatable bonds is 6. The van der Waals surface area contributed by atoms with Crippen molar-refractivity contribution >= 4 is 17.5 Å². The molecule has 0 aromatic carbocycles. The molecule has 2 unspecified atom stereocenters. The predicted octanol–water partition coefficient (Wildman–Crippen LogP) is 2.51. The number of unbranched alkanes of at least 4 members (excludes halogenated alkanes) is 1. The van der Waals surface area contributed by atoms with E-state index in [2.05, 4.69) is 13.8 Å². The van der Waals surface area contributed by atoms with Crippen LogP contribution in [0.5, 0.6) is 0 Å². The third-order valence-corrected chi connectivity index (χ3v) is 3.04. The fourth-order valence-corrected chi connectivity index (χ4v) is 1.89. The predicted molar refractivity (Wildman–Crippen MR) is 59.5 cm³/mol. The highest BCUT2D eigenvalue weighted by atomic mass is 35.5. The van der Waals surface area contributed by atoms with E-state index in [-0.39, 0.29) is 0 Å². The molecule has 0 saturated heterocycles. The molecule has 0 radical (unpaired) electrons. The van der Waals surface area contributed by atoms with Crippen LogP contribution in [0.2, 0.25) is 0 Å². The summed E-state index contributed by atoms with van der Waals surface area (Å²) in [4.78, 5) is 13.8. The lowest BCUT2D eigenvalue weighted by Gasteiger charge is -2.21. The molecule has 1 fully saturated rings. The first-order valence-electron chi connectivity index (χ1n) is 5.55. The van der Waals surface area contributed by atoms with Crippen LogP contribution in [-0.2, 0) is 4.79 Å². The van der Waals surface area contributed by atoms with E-state index in [0.717, 1.165) is 25.8 Å². The van der Waals surface area contributed by atoms with Crippen molar-refractivity contribution in [2.24, 2.45) is 11.8 Å². The summed E-state index contributed by atoms with van der Waals surface area (Å²) in [5.74, 6) is 1.78. The van der Waals surface area contributed by atoms with E-state index >= 15 is 0 Å². The molecule has 1 aliphatic rings. The Hall–Kier alpha value is -0.240. The maximum atomic E-state index is 11.9. The average molecular weight is 218 g/mol. The van der Waals surface area contributed by atoms with Gasteiger partial charge in [0.15, 0.2) is 0 Å². The minimum absolute atomic E-state index is 0.301. The molecule has 0 spiro atoms. The fraction of sp³-hybridized carbons (Fsp3) is 0.909. The van der Waals surface area contributed by atoms with Gasteiger partial charge < -0.3 is 4.90 Å². The first-order chi connectivity index (χ1) is 6.70. The van der Waals surface area contributed by atoms with Gasteiger partial charge in [-0.3, -0.25) is 4.79 Å². The number of hydrogen-bond acceptors (Lipinski definition) is 1. The van der Waals surface area contributed by atoms with Crippen molar-refractivity contribution in [2.75, 3.05) is 19.0 Å². The second kappa shape index (κ2) is 5.59. The van der Waals surface area contributed by atoms with Crippen LogP contribution < -0.4 is 0 Å². The number of nitrogens with zero attached hydrogens (tertiary/aromatic N) is 1. The Balaban J connectivity index is 2.36. The average Bonchev–Trinajstić information content (AvgIpc) is 2.89. The SMILES string of the molecule is CCCCN(CCCl)C(=O)C1CC1C. The van der Waals surface area contributed by atoms with E-state index in [0.29, 0.717) is 30.2 Å². The van der Waals surface area contributed by atoms with Gasteiger partial charge in [0, 0.05) is 24.9 Å². The van der Waals surface area contributed by atoms with E-state index in [1.165, 1.54) is 0 Å². The summed E-state index contributed by atoms with van der Waals surface area (Å²) in [7, 11) is 0. The van der Waals surface area contributed by atoms with Crippen molar-refractivity contribution in [3.8, 4) is 0 Å². The molecule has 2 atom stereocenters. The molecular weight excluding hydrogens is 198 g/mol. The molecule has 1 rings (SSSR count). The van der Waals surface area contributed by atoms with Gasteiger partial charge in [-0.15, -0.1) is 11.6 Å². The van der Waals surface area contributed by atoms with Crippen molar-refractivity contribution in [2.45, 2.75) is 33.1 Å². The second-order valence-corrected chi connectivity index (χ2v) is 4.57. The topological polar surface area (TPSA) is 20.3 Å². The Morgan fingerprint density at radius 2 is 2.14 bits per heavy atom. The largest absolute Gasteiger partial charge is 0.341 e. The van der Waals surface area contributed by atoms with Gasteiger partial charge in [-0.2, -0.15) is 0 Å². The molecule has 1 aliphatic carbocycles. The van der Waals surface area contributed by atoms with Crippen molar-refractivity contribution in [3.05, 3.63) is 0 Å². The number of carbonyl (C=O) groups excluding carboxylic acids is 1. The summed E-state index contributed by atoms with van der Waals surface area (Å²) >= 11 is 5.69. The summed E-state index contributed by atoms with van der Waals surface area (Å²) in [6.07, 6.45) is 3.29. The normalized spacial score (nSPS) is 24.8. The molecule has 3 heteroatoms. The summed E-state index contributed by atoms with van der Waals surface area (Å²) in [6, 6.07) is 0. The number of alkyl halides is 1. The Morgan fingerprint density at radius 3 is 2.57 bits per heavy atom. The van der Waals surface area contributed by atoms with E-state index in [1.807, 2.05) is 4.90 Å². The minimum atomic E-state index is 0.301. The van der Waals surface area contributed by atoms with Gasteiger partial charge in [-0.05, 0) is 18.8 Å². The van der Waals surface area contributed by atoms with Crippen LogP contribution in [-0.4, -0.2) is 29.8 Å². The molecule has 1 saturated carbocycles. The van der Waals surface area contributed by atoms with Crippen molar-refractivity contribution < 1.29 is 4.79 Å². The molecule has 1 amide bonds. The molecule has 0 aliphatic heterocycles. The molecule has 2 nitrogen and oxygen atoms in total. The van der Waals surface area contributed by atoms with E-state index < -0.39 is 0 Å².